The lowest BCUT2D eigenvalue weighted by Crippen LogP contribution is -2.20. The summed E-state index contributed by atoms with van der Waals surface area (Å²) in [6.07, 6.45) is 5.16. The summed E-state index contributed by atoms with van der Waals surface area (Å²) in [5.41, 5.74) is 7.96. The number of pyridine rings is 2. The number of aromatic nitrogens is 2. The highest BCUT2D eigenvalue weighted by molar-refractivity contribution is 7.79. The number of benzene rings is 1. The monoisotopic (exact) mass is 387 g/mol. The molecule has 0 unspecified atom stereocenters. The second kappa shape index (κ2) is 12.9. The number of anilines is 2. The molecule has 3 N–H and O–H groups in total. The standard InChI is InChI=1S/C15H13N3O.C4H12N2.CH4S/c1-19-15-14-12(7-9-17-15)13(8-10-16-14)18-11-5-3-2-4-6-11;1-6(2)4-3-5;1-2/h2-10H,1H3,(H,16,18);3-5H2,1-2H3;2H,1H3. The first-order valence-corrected chi connectivity index (χ1v) is 9.44. The van der Waals surface area contributed by atoms with Crippen LogP contribution in [0, 0.1) is 0 Å². The smallest absolute Gasteiger partial charge is 0.240 e. The zero-order valence-corrected chi connectivity index (χ0v) is 17.3. The molecule has 0 fully saturated rings. The first kappa shape index (κ1) is 22.7. The van der Waals surface area contributed by atoms with Crippen molar-refractivity contribution in [2.24, 2.45) is 5.73 Å². The molecule has 0 amide bonds. The van der Waals surface area contributed by atoms with Crippen LogP contribution in [-0.2, 0) is 0 Å². The molecule has 0 atom stereocenters. The zero-order chi connectivity index (χ0) is 20.1. The summed E-state index contributed by atoms with van der Waals surface area (Å²) in [7, 11) is 5.61. The van der Waals surface area contributed by atoms with Crippen molar-refractivity contribution in [3.8, 4) is 5.88 Å². The van der Waals surface area contributed by atoms with Gasteiger partial charge in [-0.25, -0.2) is 4.98 Å². The lowest BCUT2D eigenvalue weighted by atomic mass is 10.2. The summed E-state index contributed by atoms with van der Waals surface area (Å²) in [5.74, 6) is 0.536. The first-order chi connectivity index (χ1) is 13.2. The van der Waals surface area contributed by atoms with Crippen LogP contribution in [0.3, 0.4) is 0 Å². The number of methoxy groups -OCH3 is 1. The van der Waals surface area contributed by atoms with E-state index < -0.39 is 0 Å². The minimum absolute atomic E-state index is 0.536. The highest BCUT2D eigenvalue weighted by atomic mass is 32.1. The molecular weight excluding hydrogens is 358 g/mol. The van der Waals surface area contributed by atoms with Gasteiger partial charge in [-0.15, -0.1) is 0 Å². The quantitative estimate of drug-likeness (QED) is 0.582. The molecule has 1 aromatic carbocycles. The molecule has 0 radical (unpaired) electrons. The summed E-state index contributed by atoms with van der Waals surface area (Å²) < 4.78 is 5.23. The lowest BCUT2D eigenvalue weighted by Gasteiger charge is -2.10. The summed E-state index contributed by atoms with van der Waals surface area (Å²) in [5, 5.41) is 4.36. The van der Waals surface area contributed by atoms with Crippen LogP contribution in [-0.4, -0.2) is 55.4 Å². The van der Waals surface area contributed by atoms with Crippen molar-refractivity contribution in [1.82, 2.24) is 14.9 Å². The largest absolute Gasteiger partial charge is 0.479 e. The van der Waals surface area contributed by atoms with E-state index in [0.717, 1.165) is 35.4 Å². The van der Waals surface area contributed by atoms with Gasteiger partial charge < -0.3 is 20.7 Å². The Morgan fingerprint density at radius 3 is 2.26 bits per heavy atom. The van der Waals surface area contributed by atoms with E-state index in [9.17, 15) is 0 Å². The number of hydrogen-bond donors (Lipinski definition) is 3. The van der Waals surface area contributed by atoms with E-state index in [2.05, 4.69) is 32.8 Å². The normalized spacial score (nSPS) is 9.74. The third kappa shape index (κ3) is 7.42. The second-order valence-electron chi connectivity index (χ2n) is 5.66. The van der Waals surface area contributed by atoms with Crippen molar-refractivity contribution in [3.63, 3.8) is 0 Å². The molecule has 0 bridgehead atoms. The highest BCUT2D eigenvalue weighted by Gasteiger charge is 2.07. The number of ether oxygens (including phenoxy) is 1. The minimum atomic E-state index is 0.536. The van der Waals surface area contributed by atoms with E-state index in [-0.39, 0.29) is 0 Å². The van der Waals surface area contributed by atoms with Crippen molar-refractivity contribution in [2.45, 2.75) is 0 Å². The van der Waals surface area contributed by atoms with Gasteiger partial charge >= 0.3 is 0 Å². The van der Waals surface area contributed by atoms with Crippen molar-refractivity contribution < 1.29 is 4.74 Å². The Labute approximate surface area is 167 Å². The molecule has 7 heteroatoms. The number of fused-ring (bicyclic) bond motifs is 1. The fraction of sp³-hybridized carbons (Fsp3) is 0.300. The summed E-state index contributed by atoms with van der Waals surface area (Å²) >= 11 is 3.53. The number of hydrogen-bond acceptors (Lipinski definition) is 7. The third-order valence-corrected chi connectivity index (χ3v) is 3.45. The maximum Gasteiger partial charge on any atom is 0.240 e. The van der Waals surface area contributed by atoms with Gasteiger partial charge in [-0.05, 0) is 44.6 Å². The Bertz CT molecular complexity index is 784. The van der Waals surface area contributed by atoms with Crippen LogP contribution in [0.25, 0.3) is 10.9 Å². The van der Waals surface area contributed by atoms with Crippen LogP contribution in [0.2, 0.25) is 0 Å². The van der Waals surface area contributed by atoms with Crippen molar-refractivity contribution in [2.75, 3.05) is 45.9 Å². The number of likely N-dealkylation sites (N-methyl/N-ethyl adjacent to an activating group) is 1. The molecule has 0 saturated heterocycles. The van der Waals surface area contributed by atoms with Gasteiger partial charge in [0, 0.05) is 42.2 Å². The lowest BCUT2D eigenvalue weighted by molar-refractivity contribution is 0.402. The first-order valence-electron chi connectivity index (χ1n) is 8.55. The molecule has 0 aliphatic heterocycles. The molecule has 2 aromatic heterocycles. The van der Waals surface area contributed by atoms with Gasteiger partial charge in [0.15, 0.2) is 0 Å². The number of nitrogens with zero attached hydrogens (tertiary/aromatic N) is 3. The third-order valence-electron chi connectivity index (χ3n) is 3.45. The Morgan fingerprint density at radius 2 is 1.70 bits per heavy atom. The fourth-order valence-electron chi connectivity index (χ4n) is 2.25. The molecular formula is C20H29N5OS. The van der Waals surface area contributed by atoms with Gasteiger partial charge in [0.25, 0.3) is 0 Å². The van der Waals surface area contributed by atoms with E-state index in [0.29, 0.717) is 5.88 Å². The Morgan fingerprint density at radius 1 is 1.04 bits per heavy atom. The molecule has 3 aromatic rings. The molecule has 0 saturated carbocycles. The highest BCUT2D eigenvalue weighted by Crippen LogP contribution is 2.28. The predicted molar refractivity (Wildman–Crippen MR) is 118 cm³/mol. The van der Waals surface area contributed by atoms with Gasteiger partial charge in [-0.3, -0.25) is 4.98 Å². The fourth-order valence-corrected chi connectivity index (χ4v) is 2.25. The summed E-state index contributed by atoms with van der Waals surface area (Å²) in [6.45, 7) is 1.74. The SMILES string of the molecule is CN(C)CCN.COc1nccc2c(Nc3ccccc3)ccnc12.CS. The zero-order valence-electron chi connectivity index (χ0n) is 16.4. The Hall–Kier alpha value is -2.35. The van der Waals surface area contributed by atoms with E-state index in [1.807, 2.05) is 56.6 Å². The van der Waals surface area contributed by atoms with E-state index in [1.165, 1.54) is 0 Å². The van der Waals surface area contributed by atoms with Crippen LogP contribution < -0.4 is 15.8 Å². The molecule has 0 aliphatic rings. The van der Waals surface area contributed by atoms with Crippen molar-refractivity contribution >= 4 is 34.9 Å². The Kier molecular flexibility index (Phi) is 10.9. The van der Waals surface area contributed by atoms with Gasteiger partial charge in [0.05, 0.1) is 7.11 Å². The number of nitrogens with two attached hydrogens (primary N) is 1. The van der Waals surface area contributed by atoms with E-state index in [4.69, 9.17) is 10.5 Å². The van der Waals surface area contributed by atoms with Crippen molar-refractivity contribution in [1.29, 1.82) is 0 Å². The number of thiol groups is 1. The van der Waals surface area contributed by atoms with Gasteiger partial charge in [0.2, 0.25) is 5.88 Å². The molecule has 146 valence electrons. The van der Waals surface area contributed by atoms with Gasteiger partial charge in [-0.2, -0.15) is 12.6 Å². The average Bonchev–Trinajstić information content (AvgIpc) is 2.70. The maximum absolute atomic E-state index is 5.23. The molecule has 27 heavy (non-hydrogen) atoms. The number of para-hydroxylation sites is 1. The van der Waals surface area contributed by atoms with Crippen LogP contribution >= 0.6 is 12.6 Å². The van der Waals surface area contributed by atoms with Crippen LogP contribution in [0.4, 0.5) is 11.4 Å². The van der Waals surface area contributed by atoms with Crippen LogP contribution in [0.15, 0.2) is 54.9 Å². The number of rotatable bonds is 5. The van der Waals surface area contributed by atoms with Crippen molar-refractivity contribution in [3.05, 3.63) is 54.9 Å². The van der Waals surface area contributed by atoms with Crippen LogP contribution in [0.1, 0.15) is 0 Å². The molecule has 0 aliphatic carbocycles. The molecule has 2 heterocycles. The average molecular weight is 388 g/mol. The topological polar surface area (TPSA) is 76.3 Å². The molecule has 0 spiro atoms. The predicted octanol–water partition coefficient (Wildman–Crippen LogP) is 3.43. The second-order valence-corrected chi connectivity index (χ2v) is 5.66. The molecule has 3 rings (SSSR count). The summed E-state index contributed by atoms with van der Waals surface area (Å²) in [6, 6.07) is 13.9. The number of nitrogens with one attached hydrogen (secondary N) is 1. The van der Waals surface area contributed by atoms with E-state index >= 15 is 0 Å². The van der Waals surface area contributed by atoms with E-state index in [1.54, 1.807) is 25.8 Å². The van der Waals surface area contributed by atoms with Gasteiger partial charge in [0.1, 0.15) is 5.52 Å². The summed E-state index contributed by atoms with van der Waals surface area (Å²) in [4.78, 5) is 10.5. The molecule has 6 nitrogen and oxygen atoms in total. The Balaban J connectivity index is 0.000000392. The maximum atomic E-state index is 5.23. The minimum Gasteiger partial charge on any atom is -0.479 e. The van der Waals surface area contributed by atoms with Crippen LogP contribution in [0.5, 0.6) is 5.88 Å². The van der Waals surface area contributed by atoms with Gasteiger partial charge in [-0.1, -0.05) is 18.2 Å².